The van der Waals surface area contributed by atoms with Crippen molar-refractivity contribution in [3.63, 3.8) is 0 Å². The highest BCUT2D eigenvalue weighted by atomic mass is 35.5. The van der Waals surface area contributed by atoms with Gasteiger partial charge in [-0.25, -0.2) is 0 Å². The van der Waals surface area contributed by atoms with Gasteiger partial charge in [-0.05, 0) is 24.3 Å². The molecule has 0 saturated carbocycles. The van der Waals surface area contributed by atoms with Crippen molar-refractivity contribution in [3.05, 3.63) is 51.2 Å². The van der Waals surface area contributed by atoms with Crippen LogP contribution < -0.4 is 4.74 Å². The van der Waals surface area contributed by atoms with Crippen molar-refractivity contribution in [2.75, 3.05) is 7.11 Å². The molecule has 0 aliphatic rings. The zero-order chi connectivity index (χ0) is 12.3. The Bertz CT molecular complexity index is 534. The standard InChI is InChI=1S/C13H11ClO2S/c1-16-10-4-2-3-9(7-10)12(15)8-11-5-6-13(14)17-11/h2-7H,8H2,1H3. The minimum Gasteiger partial charge on any atom is -0.497 e. The minimum atomic E-state index is 0.0717. The van der Waals surface area contributed by atoms with Crippen molar-refractivity contribution in [2.45, 2.75) is 6.42 Å². The van der Waals surface area contributed by atoms with Gasteiger partial charge in [0, 0.05) is 16.9 Å². The summed E-state index contributed by atoms with van der Waals surface area (Å²) in [5.41, 5.74) is 0.661. The summed E-state index contributed by atoms with van der Waals surface area (Å²) in [6, 6.07) is 10.9. The van der Waals surface area contributed by atoms with Gasteiger partial charge in [0.15, 0.2) is 5.78 Å². The first-order valence-corrected chi connectivity index (χ1v) is 6.30. The zero-order valence-electron chi connectivity index (χ0n) is 9.27. The fraction of sp³-hybridized carbons (Fsp3) is 0.154. The maximum Gasteiger partial charge on any atom is 0.168 e. The lowest BCUT2D eigenvalue weighted by Gasteiger charge is -2.02. The number of thiophene rings is 1. The molecule has 2 nitrogen and oxygen atoms in total. The maximum absolute atomic E-state index is 12.0. The van der Waals surface area contributed by atoms with E-state index >= 15 is 0 Å². The van der Waals surface area contributed by atoms with Crippen LogP contribution in [0.1, 0.15) is 15.2 Å². The molecule has 0 unspecified atom stereocenters. The summed E-state index contributed by atoms with van der Waals surface area (Å²) in [5, 5.41) is 0. The summed E-state index contributed by atoms with van der Waals surface area (Å²) >= 11 is 7.26. The number of ether oxygens (including phenoxy) is 1. The third kappa shape index (κ3) is 3.08. The van der Waals surface area contributed by atoms with Gasteiger partial charge in [-0.1, -0.05) is 23.7 Å². The molecule has 88 valence electrons. The van der Waals surface area contributed by atoms with Crippen LogP contribution >= 0.6 is 22.9 Å². The highest BCUT2D eigenvalue weighted by Gasteiger charge is 2.09. The Morgan fingerprint density at radius 2 is 2.18 bits per heavy atom. The molecule has 2 rings (SSSR count). The summed E-state index contributed by atoms with van der Waals surface area (Å²) in [6.07, 6.45) is 0.380. The van der Waals surface area contributed by atoms with Crippen molar-refractivity contribution in [3.8, 4) is 5.75 Å². The van der Waals surface area contributed by atoms with E-state index in [0.29, 0.717) is 22.1 Å². The highest BCUT2D eigenvalue weighted by Crippen LogP contribution is 2.23. The Hall–Kier alpha value is -1.32. The molecule has 4 heteroatoms. The summed E-state index contributed by atoms with van der Waals surface area (Å²) < 4.78 is 5.80. The van der Waals surface area contributed by atoms with Crippen LogP contribution in [-0.4, -0.2) is 12.9 Å². The predicted molar refractivity (Wildman–Crippen MR) is 70.4 cm³/mol. The second-order valence-electron chi connectivity index (χ2n) is 3.54. The summed E-state index contributed by atoms with van der Waals surface area (Å²) in [4.78, 5) is 13.0. The molecule has 2 aromatic rings. The molecule has 0 radical (unpaired) electrons. The van der Waals surface area contributed by atoms with E-state index in [0.717, 1.165) is 4.88 Å². The molecule has 0 saturated heterocycles. The first kappa shape index (κ1) is 12.1. The van der Waals surface area contributed by atoms with Crippen LogP contribution in [0.3, 0.4) is 0 Å². The third-order valence-electron chi connectivity index (χ3n) is 2.36. The number of halogens is 1. The van der Waals surface area contributed by atoms with E-state index in [1.165, 1.54) is 11.3 Å². The van der Waals surface area contributed by atoms with Gasteiger partial charge >= 0.3 is 0 Å². The van der Waals surface area contributed by atoms with E-state index in [1.807, 2.05) is 18.2 Å². The Kier molecular flexibility index (Phi) is 3.82. The van der Waals surface area contributed by atoms with Crippen molar-refractivity contribution in [1.82, 2.24) is 0 Å². The molecular formula is C13H11ClO2S. The first-order valence-electron chi connectivity index (χ1n) is 5.10. The molecule has 1 aromatic carbocycles. The van der Waals surface area contributed by atoms with E-state index < -0.39 is 0 Å². The average molecular weight is 267 g/mol. The van der Waals surface area contributed by atoms with E-state index in [4.69, 9.17) is 16.3 Å². The predicted octanol–water partition coefficient (Wildman–Crippen LogP) is 3.84. The molecular weight excluding hydrogens is 256 g/mol. The van der Waals surface area contributed by atoms with E-state index in [2.05, 4.69) is 0 Å². The fourth-order valence-corrected chi connectivity index (χ4v) is 2.59. The average Bonchev–Trinajstić information content (AvgIpc) is 2.75. The number of hydrogen-bond donors (Lipinski definition) is 0. The Balaban J connectivity index is 2.14. The van der Waals surface area contributed by atoms with Gasteiger partial charge in [0.2, 0.25) is 0 Å². The normalized spacial score (nSPS) is 10.2. The number of Topliss-reactive ketones (excluding diaryl/α,β-unsaturated/α-hetero) is 1. The zero-order valence-corrected chi connectivity index (χ0v) is 10.8. The van der Waals surface area contributed by atoms with Crippen LogP contribution in [0, 0.1) is 0 Å². The van der Waals surface area contributed by atoms with Crippen LogP contribution in [0.5, 0.6) is 5.75 Å². The van der Waals surface area contributed by atoms with Crippen molar-refractivity contribution in [1.29, 1.82) is 0 Å². The molecule has 0 amide bonds. The van der Waals surface area contributed by atoms with Crippen LogP contribution in [0.15, 0.2) is 36.4 Å². The van der Waals surface area contributed by atoms with Gasteiger partial charge in [-0.2, -0.15) is 0 Å². The van der Waals surface area contributed by atoms with Crippen LogP contribution in [0.25, 0.3) is 0 Å². The number of ketones is 1. The van der Waals surface area contributed by atoms with Gasteiger partial charge in [0.1, 0.15) is 5.75 Å². The summed E-state index contributed by atoms with van der Waals surface area (Å²) in [7, 11) is 1.59. The van der Waals surface area contributed by atoms with Crippen LogP contribution in [0.2, 0.25) is 4.34 Å². The third-order valence-corrected chi connectivity index (χ3v) is 3.59. The smallest absolute Gasteiger partial charge is 0.168 e. The lowest BCUT2D eigenvalue weighted by molar-refractivity contribution is 0.0993. The second-order valence-corrected chi connectivity index (χ2v) is 5.34. The molecule has 17 heavy (non-hydrogen) atoms. The van der Waals surface area contributed by atoms with Gasteiger partial charge in [0.05, 0.1) is 11.4 Å². The molecule has 0 aliphatic carbocycles. The molecule has 0 fully saturated rings. The van der Waals surface area contributed by atoms with Crippen LogP contribution in [-0.2, 0) is 6.42 Å². The number of carbonyl (C=O) groups excluding carboxylic acids is 1. The van der Waals surface area contributed by atoms with E-state index in [-0.39, 0.29) is 5.78 Å². The Morgan fingerprint density at radius 3 is 2.82 bits per heavy atom. The van der Waals surface area contributed by atoms with Gasteiger partial charge in [0.25, 0.3) is 0 Å². The fourth-order valence-electron chi connectivity index (χ4n) is 1.50. The lowest BCUT2D eigenvalue weighted by Crippen LogP contribution is -2.02. The Labute approximate surface area is 109 Å². The van der Waals surface area contributed by atoms with Crippen molar-refractivity contribution in [2.24, 2.45) is 0 Å². The minimum absolute atomic E-state index is 0.0717. The molecule has 1 aromatic heterocycles. The molecule has 0 bridgehead atoms. The SMILES string of the molecule is COc1cccc(C(=O)Cc2ccc(Cl)s2)c1. The molecule has 0 spiro atoms. The van der Waals surface area contributed by atoms with Crippen molar-refractivity contribution >= 4 is 28.7 Å². The van der Waals surface area contributed by atoms with Crippen molar-refractivity contribution < 1.29 is 9.53 Å². The number of hydrogen-bond acceptors (Lipinski definition) is 3. The van der Waals surface area contributed by atoms with Gasteiger partial charge in [-0.15, -0.1) is 11.3 Å². The monoisotopic (exact) mass is 266 g/mol. The number of benzene rings is 1. The second kappa shape index (κ2) is 5.34. The number of carbonyl (C=O) groups is 1. The van der Waals surface area contributed by atoms with Gasteiger partial charge < -0.3 is 4.74 Å². The summed E-state index contributed by atoms with van der Waals surface area (Å²) in [5.74, 6) is 0.766. The van der Waals surface area contributed by atoms with Crippen LogP contribution in [0.4, 0.5) is 0 Å². The van der Waals surface area contributed by atoms with E-state index in [1.54, 1.807) is 25.3 Å². The highest BCUT2D eigenvalue weighted by molar-refractivity contribution is 7.16. The lowest BCUT2D eigenvalue weighted by atomic mass is 10.1. The topological polar surface area (TPSA) is 26.3 Å². The Morgan fingerprint density at radius 1 is 1.35 bits per heavy atom. The quantitative estimate of drug-likeness (QED) is 0.786. The number of methoxy groups -OCH3 is 1. The molecule has 1 heterocycles. The van der Waals surface area contributed by atoms with Gasteiger partial charge in [-0.3, -0.25) is 4.79 Å². The molecule has 0 atom stereocenters. The summed E-state index contributed by atoms with van der Waals surface area (Å²) in [6.45, 7) is 0. The largest absolute Gasteiger partial charge is 0.497 e. The number of rotatable bonds is 4. The molecule has 0 aliphatic heterocycles. The maximum atomic E-state index is 12.0. The molecule has 0 N–H and O–H groups in total. The first-order chi connectivity index (χ1) is 8.19. The van der Waals surface area contributed by atoms with E-state index in [9.17, 15) is 4.79 Å².